The number of aliphatic carboxylic acids is 1. The Morgan fingerprint density at radius 1 is 1.56 bits per heavy atom. The van der Waals surface area contributed by atoms with Gasteiger partial charge in [0, 0.05) is 17.7 Å². The average Bonchev–Trinajstić information content (AvgIpc) is 2.25. The first kappa shape index (κ1) is 11.7. The fourth-order valence-electron chi connectivity index (χ4n) is 1.11. The molecule has 0 aliphatic heterocycles. The van der Waals surface area contributed by atoms with Gasteiger partial charge < -0.3 is 9.84 Å². The summed E-state index contributed by atoms with van der Waals surface area (Å²) in [6, 6.07) is 3.95. The second-order valence-corrected chi connectivity index (χ2v) is 2.85. The summed E-state index contributed by atoms with van der Waals surface area (Å²) in [7, 11) is 1.36. The van der Waals surface area contributed by atoms with Gasteiger partial charge in [-0.2, -0.15) is 0 Å². The fraction of sp³-hybridized carbons (Fsp3) is 0.100. The van der Waals surface area contributed by atoms with E-state index < -0.39 is 10.9 Å². The van der Waals surface area contributed by atoms with Crippen LogP contribution in [0, 0.1) is 10.1 Å². The van der Waals surface area contributed by atoms with E-state index in [1.807, 2.05) is 0 Å². The third kappa shape index (κ3) is 2.81. The Bertz CT molecular complexity index is 453. The van der Waals surface area contributed by atoms with E-state index in [1.165, 1.54) is 31.4 Å². The molecule has 0 aliphatic rings. The van der Waals surface area contributed by atoms with E-state index in [4.69, 9.17) is 9.84 Å². The molecule has 0 heterocycles. The summed E-state index contributed by atoms with van der Waals surface area (Å²) < 4.78 is 4.92. The number of hydrogen-bond acceptors (Lipinski definition) is 4. The molecule has 1 aromatic rings. The molecule has 1 N–H and O–H groups in total. The minimum absolute atomic E-state index is 0.107. The maximum Gasteiger partial charge on any atom is 0.328 e. The molecule has 0 amide bonds. The van der Waals surface area contributed by atoms with E-state index in [0.717, 1.165) is 6.08 Å². The Labute approximate surface area is 90.9 Å². The highest BCUT2D eigenvalue weighted by atomic mass is 16.6. The third-order valence-corrected chi connectivity index (χ3v) is 1.83. The molecule has 0 bridgehead atoms. The Kier molecular flexibility index (Phi) is 3.60. The van der Waals surface area contributed by atoms with Crippen molar-refractivity contribution in [2.75, 3.05) is 7.11 Å². The van der Waals surface area contributed by atoms with Crippen LogP contribution >= 0.6 is 0 Å². The van der Waals surface area contributed by atoms with Gasteiger partial charge in [0.05, 0.1) is 18.1 Å². The number of non-ortho nitro benzene ring substituents is 1. The van der Waals surface area contributed by atoms with Crippen molar-refractivity contribution in [3.05, 3.63) is 40.0 Å². The minimum atomic E-state index is -1.10. The summed E-state index contributed by atoms with van der Waals surface area (Å²) in [4.78, 5) is 20.2. The third-order valence-electron chi connectivity index (χ3n) is 1.83. The number of carbonyl (C=O) groups is 1. The van der Waals surface area contributed by atoms with Gasteiger partial charge in [0.15, 0.2) is 0 Å². The van der Waals surface area contributed by atoms with Gasteiger partial charge in [-0.25, -0.2) is 4.79 Å². The van der Waals surface area contributed by atoms with Gasteiger partial charge in [0.2, 0.25) is 0 Å². The summed E-state index contributed by atoms with van der Waals surface area (Å²) in [5, 5.41) is 18.9. The standard InChI is InChI=1S/C10H9NO5/c1-16-9-6-8(11(14)15)4-2-7(9)3-5-10(12)13/h2-6H,1H3,(H,12,13)/b5-3+. The molecule has 0 spiro atoms. The first-order chi connectivity index (χ1) is 7.54. The molecule has 1 aromatic carbocycles. The molecule has 0 fully saturated rings. The van der Waals surface area contributed by atoms with Crippen LogP contribution < -0.4 is 4.74 Å². The van der Waals surface area contributed by atoms with Crippen LogP contribution in [0.2, 0.25) is 0 Å². The van der Waals surface area contributed by atoms with Crippen molar-refractivity contribution in [2.24, 2.45) is 0 Å². The van der Waals surface area contributed by atoms with Crippen molar-refractivity contribution in [3.63, 3.8) is 0 Å². The Morgan fingerprint density at radius 3 is 2.75 bits per heavy atom. The number of rotatable bonds is 4. The first-order valence-corrected chi connectivity index (χ1v) is 4.28. The van der Waals surface area contributed by atoms with E-state index in [1.54, 1.807) is 0 Å². The lowest BCUT2D eigenvalue weighted by molar-refractivity contribution is -0.384. The number of nitrogens with zero attached hydrogens (tertiary/aromatic N) is 1. The largest absolute Gasteiger partial charge is 0.496 e. The quantitative estimate of drug-likeness (QED) is 0.476. The van der Waals surface area contributed by atoms with Crippen LogP contribution in [-0.4, -0.2) is 23.1 Å². The summed E-state index contributed by atoms with van der Waals surface area (Å²) in [5.41, 5.74) is 0.361. The van der Waals surface area contributed by atoms with Crippen LogP contribution in [-0.2, 0) is 4.79 Å². The predicted octanol–water partition coefficient (Wildman–Crippen LogP) is 1.70. The van der Waals surface area contributed by atoms with Crippen molar-refractivity contribution >= 4 is 17.7 Å². The normalized spacial score (nSPS) is 10.3. The van der Waals surface area contributed by atoms with Gasteiger partial charge in [-0.3, -0.25) is 10.1 Å². The zero-order chi connectivity index (χ0) is 12.1. The maximum absolute atomic E-state index is 10.5. The smallest absolute Gasteiger partial charge is 0.328 e. The molecule has 0 aromatic heterocycles. The second kappa shape index (κ2) is 4.92. The molecule has 6 heteroatoms. The van der Waals surface area contributed by atoms with Crippen LogP contribution in [0.1, 0.15) is 5.56 Å². The summed E-state index contributed by atoms with van der Waals surface area (Å²) in [5.74, 6) is -0.841. The molecular formula is C10H9NO5. The molecule has 84 valence electrons. The topological polar surface area (TPSA) is 89.7 Å². The van der Waals surface area contributed by atoms with Crippen molar-refractivity contribution in [3.8, 4) is 5.75 Å². The number of nitro benzene ring substituents is 1. The van der Waals surface area contributed by atoms with E-state index >= 15 is 0 Å². The number of carboxylic acid groups (broad SMARTS) is 1. The molecule has 0 aliphatic carbocycles. The number of methoxy groups -OCH3 is 1. The molecule has 0 saturated heterocycles. The van der Waals surface area contributed by atoms with Crippen molar-refractivity contribution < 1.29 is 19.6 Å². The highest BCUT2D eigenvalue weighted by Crippen LogP contribution is 2.25. The van der Waals surface area contributed by atoms with Crippen molar-refractivity contribution in [2.45, 2.75) is 0 Å². The SMILES string of the molecule is COc1cc([N+](=O)[O-])ccc1/C=C/C(=O)O. The first-order valence-electron chi connectivity index (χ1n) is 4.28. The lowest BCUT2D eigenvalue weighted by atomic mass is 10.1. The van der Waals surface area contributed by atoms with E-state index in [9.17, 15) is 14.9 Å². The fourth-order valence-corrected chi connectivity index (χ4v) is 1.11. The van der Waals surface area contributed by atoms with Crippen LogP contribution in [0.5, 0.6) is 5.75 Å². The van der Waals surface area contributed by atoms with Crippen LogP contribution in [0.25, 0.3) is 6.08 Å². The lowest BCUT2D eigenvalue weighted by Gasteiger charge is -2.03. The predicted molar refractivity (Wildman–Crippen MR) is 56.3 cm³/mol. The highest BCUT2D eigenvalue weighted by molar-refractivity contribution is 5.86. The van der Waals surface area contributed by atoms with E-state index in [0.29, 0.717) is 5.56 Å². The van der Waals surface area contributed by atoms with Gasteiger partial charge >= 0.3 is 5.97 Å². The minimum Gasteiger partial charge on any atom is -0.496 e. The van der Waals surface area contributed by atoms with E-state index in [-0.39, 0.29) is 11.4 Å². The number of ether oxygens (including phenoxy) is 1. The van der Waals surface area contributed by atoms with Gasteiger partial charge in [-0.05, 0) is 12.1 Å². The van der Waals surface area contributed by atoms with Gasteiger partial charge in [-0.15, -0.1) is 0 Å². The van der Waals surface area contributed by atoms with Crippen LogP contribution in [0.3, 0.4) is 0 Å². The second-order valence-electron chi connectivity index (χ2n) is 2.85. The number of benzene rings is 1. The summed E-state index contributed by atoms with van der Waals surface area (Å²) >= 11 is 0. The number of nitro groups is 1. The van der Waals surface area contributed by atoms with Crippen LogP contribution in [0.15, 0.2) is 24.3 Å². The lowest BCUT2D eigenvalue weighted by Crippen LogP contribution is -1.92. The number of hydrogen-bond donors (Lipinski definition) is 1. The Balaban J connectivity index is 3.11. The molecule has 0 radical (unpaired) electrons. The highest BCUT2D eigenvalue weighted by Gasteiger charge is 2.09. The van der Waals surface area contributed by atoms with Crippen molar-refractivity contribution in [1.29, 1.82) is 0 Å². The summed E-state index contributed by atoms with van der Waals surface area (Å²) in [6.45, 7) is 0. The Hall–Kier alpha value is -2.37. The monoisotopic (exact) mass is 223 g/mol. The van der Waals surface area contributed by atoms with Gasteiger partial charge in [-0.1, -0.05) is 0 Å². The zero-order valence-electron chi connectivity index (χ0n) is 8.41. The molecule has 0 unspecified atom stereocenters. The Morgan fingerprint density at radius 2 is 2.25 bits per heavy atom. The molecule has 0 saturated carbocycles. The van der Waals surface area contributed by atoms with E-state index in [2.05, 4.69) is 0 Å². The van der Waals surface area contributed by atoms with Gasteiger partial charge in [0.25, 0.3) is 5.69 Å². The molecule has 0 atom stereocenters. The van der Waals surface area contributed by atoms with Crippen molar-refractivity contribution in [1.82, 2.24) is 0 Å². The molecule has 1 rings (SSSR count). The molecule has 6 nitrogen and oxygen atoms in total. The molecular weight excluding hydrogens is 214 g/mol. The maximum atomic E-state index is 10.5. The zero-order valence-corrected chi connectivity index (χ0v) is 8.41. The summed E-state index contributed by atoms with van der Waals surface area (Å²) in [6.07, 6.45) is 2.24. The molecule has 16 heavy (non-hydrogen) atoms. The number of carboxylic acids is 1. The van der Waals surface area contributed by atoms with Crippen LogP contribution in [0.4, 0.5) is 5.69 Å². The van der Waals surface area contributed by atoms with Gasteiger partial charge in [0.1, 0.15) is 5.75 Å². The average molecular weight is 223 g/mol.